The predicted molar refractivity (Wildman–Crippen MR) is 146 cm³/mol. The third kappa shape index (κ3) is 6.19. The molecule has 0 spiro atoms. The van der Waals surface area contributed by atoms with Gasteiger partial charge in [-0.1, -0.05) is 35.9 Å². The van der Waals surface area contributed by atoms with E-state index in [1.165, 1.54) is 41.7 Å². The summed E-state index contributed by atoms with van der Waals surface area (Å²) >= 11 is 6.54. The van der Waals surface area contributed by atoms with Crippen molar-refractivity contribution in [1.29, 1.82) is 0 Å². The van der Waals surface area contributed by atoms with Crippen molar-refractivity contribution in [2.75, 3.05) is 9.80 Å². The van der Waals surface area contributed by atoms with Crippen LogP contribution in [0.5, 0.6) is 0 Å². The van der Waals surface area contributed by atoms with E-state index in [1.54, 1.807) is 24.3 Å². The Morgan fingerprint density at radius 1 is 1.07 bits per heavy atom. The first-order valence-electron chi connectivity index (χ1n) is 13.2. The van der Waals surface area contributed by atoms with Crippen LogP contribution in [0.1, 0.15) is 50.1 Å². The van der Waals surface area contributed by atoms with Crippen molar-refractivity contribution in [3.63, 3.8) is 0 Å². The molecule has 41 heavy (non-hydrogen) atoms. The summed E-state index contributed by atoms with van der Waals surface area (Å²) in [4.78, 5) is 51.9. The fraction of sp³-hybridized carbons (Fsp3) is 0.345. The van der Waals surface area contributed by atoms with E-state index in [0.717, 1.165) is 11.0 Å². The Labute approximate surface area is 239 Å². The zero-order chi connectivity index (χ0) is 29.1. The average molecular weight is 586 g/mol. The second kappa shape index (κ2) is 11.9. The molecule has 2 aliphatic rings. The maximum atomic E-state index is 14.5. The van der Waals surface area contributed by atoms with E-state index >= 15 is 0 Å². The van der Waals surface area contributed by atoms with Gasteiger partial charge in [0, 0.05) is 54.0 Å². The van der Waals surface area contributed by atoms with Crippen molar-refractivity contribution < 1.29 is 27.6 Å². The number of alkyl halides is 2. The maximum Gasteiger partial charge on any atom is 0.251 e. The lowest BCUT2D eigenvalue weighted by Gasteiger charge is -2.37. The largest absolute Gasteiger partial charge is 0.351 e. The molecule has 1 saturated heterocycles. The molecule has 5 rings (SSSR count). The highest BCUT2D eigenvalue weighted by Crippen LogP contribution is 2.37. The van der Waals surface area contributed by atoms with Crippen molar-refractivity contribution in [3.05, 3.63) is 83.5 Å². The van der Waals surface area contributed by atoms with Crippen molar-refractivity contribution in [3.8, 4) is 0 Å². The summed E-state index contributed by atoms with van der Waals surface area (Å²) in [6.45, 7) is 0. The van der Waals surface area contributed by atoms with Crippen LogP contribution in [-0.2, 0) is 14.4 Å². The lowest BCUT2D eigenvalue weighted by Crippen LogP contribution is -2.53. The summed E-state index contributed by atoms with van der Waals surface area (Å²) in [7, 11) is 0. The molecule has 1 aromatic heterocycles. The number of anilines is 2. The number of amides is 3. The molecule has 0 bridgehead atoms. The Balaban J connectivity index is 1.58. The van der Waals surface area contributed by atoms with Crippen molar-refractivity contribution >= 4 is 40.8 Å². The summed E-state index contributed by atoms with van der Waals surface area (Å²) in [5.41, 5.74) is 0.310. The summed E-state index contributed by atoms with van der Waals surface area (Å²) in [5, 5.41) is 2.99. The molecule has 1 aliphatic carbocycles. The normalized spacial score (nSPS) is 19.6. The Bertz CT molecular complexity index is 1430. The second-order valence-corrected chi connectivity index (χ2v) is 10.5. The van der Waals surface area contributed by atoms with Crippen LogP contribution in [0.3, 0.4) is 0 Å². The van der Waals surface area contributed by atoms with Crippen LogP contribution in [0.4, 0.5) is 24.7 Å². The van der Waals surface area contributed by atoms with Crippen molar-refractivity contribution in [2.45, 2.75) is 62.6 Å². The van der Waals surface area contributed by atoms with Crippen molar-refractivity contribution in [1.82, 2.24) is 15.3 Å². The third-order valence-electron chi connectivity index (χ3n) is 7.39. The summed E-state index contributed by atoms with van der Waals surface area (Å²) in [6, 6.07) is 8.57. The van der Waals surface area contributed by atoms with Crippen LogP contribution in [0.15, 0.2) is 67.1 Å². The van der Waals surface area contributed by atoms with E-state index in [-0.39, 0.29) is 66.5 Å². The molecular formula is C29H27ClF3N5O3. The first-order valence-corrected chi connectivity index (χ1v) is 13.6. The quantitative estimate of drug-likeness (QED) is 0.410. The smallest absolute Gasteiger partial charge is 0.251 e. The Kier molecular flexibility index (Phi) is 8.25. The number of nitrogens with one attached hydrogen (secondary N) is 1. The number of hydrogen-bond acceptors (Lipinski definition) is 5. The molecule has 3 aromatic rings. The number of hydrogen-bond donors (Lipinski definition) is 1. The molecule has 2 heterocycles. The molecule has 2 aromatic carbocycles. The maximum absolute atomic E-state index is 14.5. The molecule has 0 radical (unpaired) electrons. The number of rotatable bonds is 7. The lowest BCUT2D eigenvalue weighted by molar-refractivity contribution is -0.128. The lowest BCUT2D eigenvalue weighted by atomic mass is 9.91. The standard InChI is InChI=1S/C29H27ClF3N5O3/c30-22-7-2-1-6-21(22)26(27(40)36-19-10-12-29(32,33)13-11-19)37(20-5-3-4-18(31)16-20)28(41)23-8-9-25(39)38(23)24-17-34-14-15-35-24/h1-7,14-17,19,23,26H,8-13H2,(H,36,40)/t23?,26-/m0/s1. The van der Waals surface area contributed by atoms with Gasteiger partial charge in [0.15, 0.2) is 5.82 Å². The summed E-state index contributed by atoms with van der Waals surface area (Å²) in [6.07, 6.45) is 3.69. The van der Waals surface area contributed by atoms with Gasteiger partial charge < -0.3 is 5.32 Å². The van der Waals surface area contributed by atoms with Gasteiger partial charge in [0.1, 0.15) is 17.9 Å². The van der Waals surface area contributed by atoms with E-state index in [9.17, 15) is 27.6 Å². The van der Waals surface area contributed by atoms with Crippen LogP contribution in [0.25, 0.3) is 0 Å². The van der Waals surface area contributed by atoms with Crippen LogP contribution >= 0.6 is 11.6 Å². The van der Waals surface area contributed by atoms with Gasteiger partial charge in [0.2, 0.25) is 17.7 Å². The molecule has 3 amide bonds. The van der Waals surface area contributed by atoms with E-state index in [1.807, 2.05) is 0 Å². The molecule has 12 heteroatoms. The highest BCUT2D eigenvalue weighted by atomic mass is 35.5. The summed E-state index contributed by atoms with van der Waals surface area (Å²) in [5.74, 6) is -4.98. The molecular weight excluding hydrogens is 559 g/mol. The second-order valence-electron chi connectivity index (χ2n) is 10.1. The summed E-state index contributed by atoms with van der Waals surface area (Å²) < 4.78 is 42.2. The first kappa shape index (κ1) is 28.5. The predicted octanol–water partition coefficient (Wildman–Crippen LogP) is 5.23. The van der Waals surface area contributed by atoms with Gasteiger partial charge in [0.05, 0.1) is 6.20 Å². The number of carbonyl (C=O) groups excluding carboxylic acids is 3. The van der Waals surface area contributed by atoms with Gasteiger partial charge in [-0.05, 0) is 43.5 Å². The first-order chi connectivity index (χ1) is 19.6. The monoisotopic (exact) mass is 585 g/mol. The van der Waals surface area contributed by atoms with E-state index < -0.39 is 41.7 Å². The average Bonchev–Trinajstić information content (AvgIpc) is 3.34. The van der Waals surface area contributed by atoms with Crippen LogP contribution in [0, 0.1) is 5.82 Å². The highest BCUT2D eigenvalue weighted by Gasteiger charge is 2.45. The SMILES string of the molecule is O=C(NC1CCC(F)(F)CC1)[C@H](c1ccccc1Cl)N(C(=O)C1CCC(=O)N1c1cnccn1)c1cccc(F)c1. The Morgan fingerprint density at radius 3 is 2.51 bits per heavy atom. The topological polar surface area (TPSA) is 95.5 Å². The van der Waals surface area contributed by atoms with E-state index in [0.29, 0.717) is 0 Å². The molecule has 2 atom stereocenters. The fourth-order valence-electron chi connectivity index (χ4n) is 5.37. The molecule has 214 valence electrons. The van der Waals surface area contributed by atoms with Gasteiger partial charge in [-0.3, -0.25) is 29.2 Å². The molecule has 1 aliphatic heterocycles. The zero-order valence-electron chi connectivity index (χ0n) is 21.9. The van der Waals surface area contributed by atoms with E-state index in [4.69, 9.17) is 11.6 Å². The number of aromatic nitrogens is 2. The van der Waals surface area contributed by atoms with Gasteiger partial charge in [-0.25, -0.2) is 18.2 Å². The van der Waals surface area contributed by atoms with Gasteiger partial charge >= 0.3 is 0 Å². The number of nitrogens with zero attached hydrogens (tertiary/aromatic N) is 4. The number of carbonyl (C=O) groups is 3. The molecule has 1 unspecified atom stereocenters. The zero-order valence-corrected chi connectivity index (χ0v) is 22.6. The Morgan fingerprint density at radius 2 is 1.83 bits per heavy atom. The molecule has 2 fully saturated rings. The molecule has 1 saturated carbocycles. The molecule has 8 nitrogen and oxygen atoms in total. The van der Waals surface area contributed by atoms with Crippen LogP contribution in [-0.4, -0.2) is 45.7 Å². The minimum atomic E-state index is -2.80. The van der Waals surface area contributed by atoms with E-state index in [2.05, 4.69) is 15.3 Å². The number of benzene rings is 2. The highest BCUT2D eigenvalue weighted by molar-refractivity contribution is 6.31. The van der Waals surface area contributed by atoms with Gasteiger partial charge in [-0.15, -0.1) is 0 Å². The van der Waals surface area contributed by atoms with Gasteiger partial charge in [0.25, 0.3) is 5.91 Å². The number of halogens is 4. The minimum Gasteiger partial charge on any atom is -0.351 e. The minimum absolute atomic E-state index is 0.0449. The fourth-order valence-corrected chi connectivity index (χ4v) is 5.61. The molecule has 1 N–H and O–H groups in total. The van der Waals surface area contributed by atoms with Crippen LogP contribution < -0.4 is 15.1 Å². The van der Waals surface area contributed by atoms with Gasteiger partial charge in [-0.2, -0.15) is 0 Å². The Hall–Kier alpha value is -3.99. The van der Waals surface area contributed by atoms with Crippen molar-refractivity contribution in [2.24, 2.45) is 0 Å². The third-order valence-corrected chi connectivity index (χ3v) is 7.73. The van der Waals surface area contributed by atoms with Crippen LogP contribution in [0.2, 0.25) is 5.02 Å².